The summed E-state index contributed by atoms with van der Waals surface area (Å²) in [5.74, 6) is 0. The van der Waals surface area contributed by atoms with Gasteiger partial charge >= 0.3 is 0 Å². The maximum atomic E-state index is 10.4. The molecule has 0 fully saturated rings. The lowest BCUT2D eigenvalue weighted by Crippen LogP contribution is -2.24. The molecule has 0 amide bonds. The second-order valence-electron chi connectivity index (χ2n) is 2.13. The summed E-state index contributed by atoms with van der Waals surface area (Å²) in [5.41, 5.74) is 0.964. The van der Waals surface area contributed by atoms with Gasteiger partial charge in [-0.2, -0.15) is 0 Å². The van der Waals surface area contributed by atoms with Crippen LogP contribution in [0.1, 0.15) is 5.69 Å². The summed E-state index contributed by atoms with van der Waals surface area (Å²) in [4.78, 5) is 17.1. The van der Waals surface area contributed by atoms with Crippen LogP contribution < -0.4 is 3.53 Å². The van der Waals surface area contributed by atoms with Gasteiger partial charge in [-0.05, 0) is 0 Å². The van der Waals surface area contributed by atoms with Gasteiger partial charge in [0.15, 0.2) is 0 Å². The van der Waals surface area contributed by atoms with Crippen molar-refractivity contribution in [3.8, 4) is 0 Å². The SMILES string of the molecule is O=C[C@H](Cc1cnc[nH]1)NI. The normalized spacial score (nSPS) is 12.8. The number of nitrogens with one attached hydrogen (secondary N) is 2. The number of hydrogen-bond donors (Lipinski definition) is 2. The van der Waals surface area contributed by atoms with Gasteiger partial charge in [0.1, 0.15) is 6.29 Å². The standard InChI is InChI=1S/C6H8IN3O/c7-10-6(3-11)1-5-2-8-4-9-5/h2-4,6,10H,1H2,(H,8,9)/t6-/m0/s1. The molecule has 1 aromatic rings. The average molecular weight is 265 g/mol. The third kappa shape index (κ3) is 2.58. The molecular weight excluding hydrogens is 257 g/mol. The van der Waals surface area contributed by atoms with Crippen molar-refractivity contribution >= 4 is 29.2 Å². The number of aromatic nitrogens is 2. The first-order chi connectivity index (χ1) is 5.36. The van der Waals surface area contributed by atoms with E-state index in [1.54, 1.807) is 12.5 Å². The number of H-pyrrole nitrogens is 1. The molecule has 4 nitrogen and oxygen atoms in total. The summed E-state index contributed by atoms with van der Waals surface area (Å²) in [5, 5.41) is 0. The van der Waals surface area contributed by atoms with Crippen molar-refractivity contribution in [2.75, 3.05) is 0 Å². The Labute approximate surface area is 78.3 Å². The average Bonchev–Trinajstić information content (AvgIpc) is 2.52. The molecule has 0 aliphatic heterocycles. The van der Waals surface area contributed by atoms with Crippen molar-refractivity contribution < 1.29 is 4.79 Å². The summed E-state index contributed by atoms with van der Waals surface area (Å²) in [6, 6.07) is -0.129. The first kappa shape index (κ1) is 8.66. The molecular formula is C6H8IN3O. The van der Waals surface area contributed by atoms with E-state index in [0.29, 0.717) is 6.42 Å². The Balaban J connectivity index is 2.47. The highest BCUT2D eigenvalue weighted by atomic mass is 127. The zero-order valence-corrected chi connectivity index (χ0v) is 7.91. The van der Waals surface area contributed by atoms with Crippen molar-refractivity contribution in [2.45, 2.75) is 12.5 Å². The quantitative estimate of drug-likeness (QED) is 0.472. The van der Waals surface area contributed by atoms with Crippen LogP contribution in [0.5, 0.6) is 0 Å². The molecule has 1 rings (SSSR count). The minimum absolute atomic E-state index is 0.129. The fourth-order valence-corrected chi connectivity index (χ4v) is 1.11. The van der Waals surface area contributed by atoms with Gasteiger partial charge in [0.05, 0.1) is 12.4 Å². The van der Waals surface area contributed by atoms with Gasteiger partial charge in [0.2, 0.25) is 0 Å². The molecule has 1 aromatic heterocycles. The Morgan fingerprint density at radius 2 is 2.73 bits per heavy atom. The molecule has 0 saturated carbocycles. The highest BCUT2D eigenvalue weighted by Crippen LogP contribution is 1.97. The zero-order valence-electron chi connectivity index (χ0n) is 5.75. The molecule has 1 heterocycles. The van der Waals surface area contributed by atoms with Gasteiger partial charge in [0.25, 0.3) is 0 Å². The summed E-state index contributed by atoms with van der Waals surface area (Å²) >= 11 is 1.96. The van der Waals surface area contributed by atoms with Gasteiger partial charge in [-0.1, -0.05) is 0 Å². The van der Waals surface area contributed by atoms with Crippen LogP contribution in [0.4, 0.5) is 0 Å². The number of carbonyl (C=O) groups is 1. The number of hydrogen-bond acceptors (Lipinski definition) is 3. The number of aldehydes is 1. The molecule has 0 unspecified atom stereocenters. The fourth-order valence-electron chi connectivity index (χ4n) is 0.746. The van der Waals surface area contributed by atoms with Gasteiger partial charge in [-0.15, -0.1) is 0 Å². The molecule has 0 radical (unpaired) electrons. The summed E-state index contributed by atoms with van der Waals surface area (Å²) in [7, 11) is 0. The van der Waals surface area contributed by atoms with Crippen LogP contribution in [-0.2, 0) is 11.2 Å². The van der Waals surface area contributed by atoms with Crippen LogP contribution in [-0.4, -0.2) is 22.3 Å². The number of carbonyl (C=O) groups excluding carboxylic acids is 1. The van der Waals surface area contributed by atoms with Crippen LogP contribution in [0.15, 0.2) is 12.5 Å². The third-order valence-electron chi connectivity index (χ3n) is 1.30. The van der Waals surface area contributed by atoms with Gasteiger partial charge in [0, 0.05) is 41.2 Å². The van der Waals surface area contributed by atoms with Crippen LogP contribution in [0.2, 0.25) is 0 Å². The van der Waals surface area contributed by atoms with Gasteiger partial charge in [-0.25, -0.2) is 4.98 Å². The molecule has 11 heavy (non-hydrogen) atoms. The molecule has 1 atom stereocenters. The van der Waals surface area contributed by atoms with Gasteiger partial charge < -0.3 is 9.78 Å². The van der Waals surface area contributed by atoms with E-state index in [1.165, 1.54) is 0 Å². The largest absolute Gasteiger partial charge is 0.348 e. The van der Waals surface area contributed by atoms with Crippen molar-refractivity contribution in [1.29, 1.82) is 0 Å². The smallest absolute Gasteiger partial charge is 0.138 e. The molecule has 0 aromatic carbocycles. The minimum atomic E-state index is -0.129. The van der Waals surface area contributed by atoms with Crippen molar-refractivity contribution in [3.63, 3.8) is 0 Å². The third-order valence-corrected chi connectivity index (χ3v) is 2.10. The number of rotatable bonds is 4. The lowest BCUT2D eigenvalue weighted by molar-refractivity contribution is -0.109. The molecule has 0 saturated heterocycles. The molecule has 5 heteroatoms. The minimum Gasteiger partial charge on any atom is -0.348 e. The number of nitrogens with zero attached hydrogens (tertiary/aromatic N) is 1. The van der Waals surface area contributed by atoms with E-state index < -0.39 is 0 Å². The predicted molar refractivity (Wildman–Crippen MR) is 49.3 cm³/mol. The predicted octanol–water partition coefficient (Wildman–Crippen LogP) is 0.459. The lowest BCUT2D eigenvalue weighted by atomic mass is 10.2. The Hall–Kier alpha value is -0.430. The Morgan fingerprint density at radius 1 is 1.91 bits per heavy atom. The first-order valence-corrected chi connectivity index (χ1v) is 4.23. The molecule has 60 valence electrons. The van der Waals surface area contributed by atoms with Crippen molar-refractivity contribution in [1.82, 2.24) is 13.5 Å². The maximum absolute atomic E-state index is 10.4. The molecule has 0 aliphatic rings. The Morgan fingerprint density at radius 3 is 3.18 bits per heavy atom. The maximum Gasteiger partial charge on any atom is 0.138 e. The molecule has 0 spiro atoms. The number of halogens is 1. The van der Waals surface area contributed by atoms with Crippen LogP contribution >= 0.6 is 22.9 Å². The fraction of sp³-hybridized carbons (Fsp3) is 0.333. The van der Waals surface area contributed by atoms with E-state index in [1.807, 2.05) is 22.9 Å². The number of imidazole rings is 1. The van der Waals surface area contributed by atoms with E-state index in [2.05, 4.69) is 13.5 Å². The van der Waals surface area contributed by atoms with E-state index in [0.717, 1.165) is 12.0 Å². The van der Waals surface area contributed by atoms with Crippen molar-refractivity contribution in [3.05, 3.63) is 18.2 Å². The molecule has 0 aliphatic carbocycles. The van der Waals surface area contributed by atoms with Gasteiger partial charge in [-0.3, -0.25) is 3.53 Å². The lowest BCUT2D eigenvalue weighted by Gasteiger charge is -2.03. The van der Waals surface area contributed by atoms with E-state index in [-0.39, 0.29) is 6.04 Å². The second-order valence-corrected chi connectivity index (χ2v) is 2.76. The van der Waals surface area contributed by atoms with Crippen LogP contribution in [0.25, 0.3) is 0 Å². The summed E-state index contributed by atoms with van der Waals surface area (Å²) in [6.45, 7) is 0. The van der Waals surface area contributed by atoms with E-state index in [9.17, 15) is 4.79 Å². The Kier molecular flexibility index (Phi) is 3.50. The van der Waals surface area contributed by atoms with Crippen molar-refractivity contribution in [2.24, 2.45) is 0 Å². The second kappa shape index (κ2) is 4.45. The highest BCUT2D eigenvalue weighted by Gasteiger charge is 2.05. The Bertz CT molecular complexity index is 212. The number of aromatic amines is 1. The first-order valence-electron chi connectivity index (χ1n) is 3.15. The zero-order chi connectivity index (χ0) is 8.10. The topological polar surface area (TPSA) is 57.8 Å². The van der Waals surface area contributed by atoms with Crippen LogP contribution in [0.3, 0.4) is 0 Å². The van der Waals surface area contributed by atoms with Crippen LogP contribution in [0, 0.1) is 0 Å². The van der Waals surface area contributed by atoms with E-state index >= 15 is 0 Å². The molecule has 0 bridgehead atoms. The van der Waals surface area contributed by atoms with E-state index in [4.69, 9.17) is 0 Å². The monoisotopic (exact) mass is 265 g/mol. The summed E-state index contributed by atoms with van der Waals surface area (Å²) < 4.78 is 2.84. The molecule has 2 N–H and O–H groups in total. The highest BCUT2D eigenvalue weighted by molar-refractivity contribution is 14.1. The summed E-state index contributed by atoms with van der Waals surface area (Å²) in [6.07, 6.45) is 4.86.